The third kappa shape index (κ3) is 8.35. The summed E-state index contributed by atoms with van der Waals surface area (Å²) in [5.41, 5.74) is 1.14. The van der Waals surface area contributed by atoms with Crippen LogP contribution in [0.2, 0.25) is 0 Å². The summed E-state index contributed by atoms with van der Waals surface area (Å²) < 4.78 is 5.11. The largest absolute Gasteiger partial charge is 0.497 e. The van der Waals surface area contributed by atoms with Gasteiger partial charge in [0.1, 0.15) is 5.75 Å². The van der Waals surface area contributed by atoms with E-state index in [1.165, 1.54) is 25.7 Å². The molecule has 1 rings (SSSR count). The summed E-state index contributed by atoms with van der Waals surface area (Å²) in [6, 6.07) is 7.84. The third-order valence-electron chi connectivity index (χ3n) is 3.38. The van der Waals surface area contributed by atoms with Gasteiger partial charge in [0, 0.05) is 13.1 Å². The molecule has 0 unspecified atom stereocenters. The number of ether oxygens (including phenoxy) is 1. The number of hydrogen-bond donors (Lipinski definition) is 2. The molecule has 0 aromatic heterocycles. The number of hydrogen-bond acceptors (Lipinski definition) is 3. The van der Waals surface area contributed by atoms with Crippen molar-refractivity contribution in [1.82, 2.24) is 10.6 Å². The fraction of sp³-hybridized carbons (Fsp3) is 0.588. The zero-order chi connectivity index (χ0) is 15.3. The summed E-state index contributed by atoms with van der Waals surface area (Å²) in [6.07, 6.45) is 6.08. The lowest BCUT2D eigenvalue weighted by atomic mass is 10.1. The summed E-state index contributed by atoms with van der Waals surface area (Å²) >= 11 is 0. The molecule has 0 saturated carbocycles. The minimum atomic E-state index is 0.0685. The van der Waals surface area contributed by atoms with Crippen LogP contribution in [0, 0.1) is 0 Å². The average Bonchev–Trinajstić information content (AvgIpc) is 2.51. The average molecular weight is 292 g/mol. The monoisotopic (exact) mass is 292 g/mol. The maximum absolute atomic E-state index is 11.6. The molecule has 0 atom stereocenters. The highest BCUT2D eigenvalue weighted by atomic mass is 16.5. The molecule has 2 N–H and O–H groups in total. The van der Waals surface area contributed by atoms with Crippen molar-refractivity contribution < 1.29 is 9.53 Å². The highest BCUT2D eigenvalue weighted by Crippen LogP contribution is 2.10. The molecular weight excluding hydrogens is 264 g/mol. The van der Waals surface area contributed by atoms with Gasteiger partial charge in [0.05, 0.1) is 13.7 Å². The van der Waals surface area contributed by atoms with Crippen LogP contribution >= 0.6 is 0 Å². The van der Waals surface area contributed by atoms with Gasteiger partial charge in [-0.25, -0.2) is 0 Å². The van der Waals surface area contributed by atoms with Crippen LogP contribution in [0.25, 0.3) is 0 Å². The Labute approximate surface area is 128 Å². The van der Waals surface area contributed by atoms with Crippen LogP contribution < -0.4 is 15.4 Å². The summed E-state index contributed by atoms with van der Waals surface area (Å²) in [4.78, 5) is 11.6. The first-order chi connectivity index (χ1) is 10.3. The van der Waals surface area contributed by atoms with Gasteiger partial charge in [-0.05, 0) is 24.1 Å². The van der Waals surface area contributed by atoms with E-state index in [9.17, 15) is 4.79 Å². The van der Waals surface area contributed by atoms with Crippen molar-refractivity contribution in [1.29, 1.82) is 0 Å². The maximum atomic E-state index is 11.6. The van der Waals surface area contributed by atoms with Crippen molar-refractivity contribution in [3.8, 4) is 5.75 Å². The van der Waals surface area contributed by atoms with Gasteiger partial charge in [-0.1, -0.05) is 44.7 Å². The molecule has 0 aliphatic heterocycles. The second-order valence-corrected chi connectivity index (χ2v) is 5.22. The quantitative estimate of drug-likeness (QED) is 0.617. The fourth-order valence-corrected chi connectivity index (χ4v) is 2.08. The minimum Gasteiger partial charge on any atom is -0.497 e. The van der Waals surface area contributed by atoms with Crippen LogP contribution in [-0.2, 0) is 11.3 Å². The first-order valence-corrected chi connectivity index (χ1v) is 7.86. The van der Waals surface area contributed by atoms with E-state index in [0.29, 0.717) is 13.1 Å². The Kier molecular flexibility index (Phi) is 9.29. The molecular formula is C17H28N2O2. The van der Waals surface area contributed by atoms with Crippen molar-refractivity contribution in [2.24, 2.45) is 0 Å². The molecule has 0 fully saturated rings. The number of carbonyl (C=O) groups is 1. The highest BCUT2D eigenvalue weighted by molar-refractivity contribution is 5.77. The zero-order valence-corrected chi connectivity index (χ0v) is 13.3. The predicted molar refractivity (Wildman–Crippen MR) is 86.5 cm³/mol. The van der Waals surface area contributed by atoms with E-state index in [4.69, 9.17) is 4.74 Å². The van der Waals surface area contributed by atoms with E-state index in [1.807, 2.05) is 24.3 Å². The lowest BCUT2D eigenvalue weighted by Crippen LogP contribution is -2.34. The molecule has 4 heteroatoms. The maximum Gasteiger partial charge on any atom is 0.233 e. The second-order valence-electron chi connectivity index (χ2n) is 5.22. The van der Waals surface area contributed by atoms with Crippen molar-refractivity contribution in [3.05, 3.63) is 29.8 Å². The van der Waals surface area contributed by atoms with Gasteiger partial charge in [-0.2, -0.15) is 0 Å². The Balaban J connectivity index is 2.04. The molecule has 0 aliphatic carbocycles. The molecule has 21 heavy (non-hydrogen) atoms. The van der Waals surface area contributed by atoms with Crippen LogP contribution in [0.5, 0.6) is 5.75 Å². The summed E-state index contributed by atoms with van der Waals surface area (Å²) in [5, 5.41) is 6.09. The van der Waals surface area contributed by atoms with Gasteiger partial charge >= 0.3 is 0 Å². The molecule has 1 amide bonds. The Morgan fingerprint density at radius 2 is 1.81 bits per heavy atom. The molecule has 0 spiro atoms. The van der Waals surface area contributed by atoms with Gasteiger partial charge < -0.3 is 15.4 Å². The normalized spacial score (nSPS) is 10.4. The van der Waals surface area contributed by atoms with Gasteiger partial charge in [0.2, 0.25) is 5.91 Å². The summed E-state index contributed by atoms with van der Waals surface area (Å²) in [7, 11) is 1.65. The lowest BCUT2D eigenvalue weighted by Gasteiger charge is -2.07. The van der Waals surface area contributed by atoms with Crippen molar-refractivity contribution >= 4 is 5.91 Å². The van der Waals surface area contributed by atoms with E-state index in [0.717, 1.165) is 24.3 Å². The van der Waals surface area contributed by atoms with Crippen LogP contribution in [0.15, 0.2) is 24.3 Å². The van der Waals surface area contributed by atoms with Crippen LogP contribution in [0.4, 0.5) is 0 Å². The number of carbonyl (C=O) groups excluding carboxylic acids is 1. The molecule has 0 radical (unpaired) electrons. The molecule has 1 aromatic rings. The smallest absolute Gasteiger partial charge is 0.233 e. The van der Waals surface area contributed by atoms with Gasteiger partial charge in [0.25, 0.3) is 0 Å². The standard InChI is InChI=1S/C17H28N2O2/c1-3-4-5-6-7-12-19-17(20)14-18-13-15-8-10-16(21-2)11-9-15/h8-11,18H,3-7,12-14H2,1-2H3,(H,19,20). The van der Waals surface area contributed by atoms with Gasteiger partial charge in [-0.15, -0.1) is 0 Å². The first-order valence-electron chi connectivity index (χ1n) is 7.86. The van der Waals surface area contributed by atoms with Crippen molar-refractivity contribution in [2.45, 2.75) is 45.6 Å². The second kappa shape index (κ2) is 11.1. The molecule has 4 nitrogen and oxygen atoms in total. The fourth-order valence-electron chi connectivity index (χ4n) is 2.08. The minimum absolute atomic E-state index is 0.0685. The van der Waals surface area contributed by atoms with Crippen LogP contribution in [0.1, 0.15) is 44.6 Å². The SMILES string of the molecule is CCCCCCCNC(=O)CNCc1ccc(OC)cc1. The Hall–Kier alpha value is -1.55. The number of unbranched alkanes of at least 4 members (excludes halogenated alkanes) is 4. The van der Waals surface area contributed by atoms with Crippen molar-refractivity contribution in [3.63, 3.8) is 0 Å². The van der Waals surface area contributed by atoms with Gasteiger partial charge in [-0.3, -0.25) is 4.79 Å². The van der Waals surface area contributed by atoms with E-state index in [2.05, 4.69) is 17.6 Å². The van der Waals surface area contributed by atoms with E-state index < -0.39 is 0 Å². The Morgan fingerprint density at radius 1 is 1.10 bits per heavy atom. The third-order valence-corrected chi connectivity index (χ3v) is 3.38. The number of methoxy groups -OCH3 is 1. The van der Waals surface area contributed by atoms with E-state index in [1.54, 1.807) is 7.11 Å². The van der Waals surface area contributed by atoms with E-state index >= 15 is 0 Å². The van der Waals surface area contributed by atoms with Crippen LogP contribution in [0.3, 0.4) is 0 Å². The molecule has 0 saturated heterocycles. The highest BCUT2D eigenvalue weighted by Gasteiger charge is 2.00. The number of benzene rings is 1. The molecule has 0 heterocycles. The zero-order valence-electron chi connectivity index (χ0n) is 13.3. The molecule has 0 bridgehead atoms. The number of amides is 1. The predicted octanol–water partition coefficient (Wildman–Crippen LogP) is 2.87. The van der Waals surface area contributed by atoms with Gasteiger partial charge in [0.15, 0.2) is 0 Å². The lowest BCUT2D eigenvalue weighted by molar-refractivity contribution is -0.120. The van der Waals surface area contributed by atoms with E-state index in [-0.39, 0.29) is 5.91 Å². The Morgan fingerprint density at radius 3 is 2.48 bits per heavy atom. The Bertz CT molecular complexity index is 390. The molecule has 0 aliphatic rings. The molecule has 1 aromatic carbocycles. The number of nitrogens with one attached hydrogen (secondary N) is 2. The van der Waals surface area contributed by atoms with Crippen LogP contribution in [-0.4, -0.2) is 26.1 Å². The first kappa shape index (κ1) is 17.5. The summed E-state index contributed by atoms with van der Waals surface area (Å²) in [5.74, 6) is 0.915. The topological polar surface area (TPSA) is 50.4 Å². The number of rotatable bonds is 11. The van der Waals surface area contributed by atoms with Crippen molar-refractivity contribution in [2.75, 3.05) is 20.2 Å². The summed E-state index contributed by atoms with van der Waals surface area (Å²) in [6.45, 7) is 4.04. The molecule has 118 valence electrons.